The summed E-state index contributed by atoms with van der Waals surface area (Å²) in [5.41, 5.74) is 3.30. The number of aromatic nitrogens is 2. The van der Waals surface area contributed by atoms with Crippen LogP contribution in [-0.4, -0.2) is 102 Å². The molecule has 10 nitrogen and oxygen atoms in total. The largest absolute Gasteiger partial charge is 0.378 e. The number of benzene rings is 1. The average Bonchev–Trinajstić information content (AvgIpc) is 3.60. The Hall–Kier alpha value is -3.25. The first-order valence-corrected chi connectivity index (χ1v) is 14.1. The van der Waals surface area contributed by atoms with Gasteiger partial charge in [-0.2, -0.15) is 5.10 Å². The van der Waals surface area contributed by atoms with E-state index in [9.17, 15) is 4.79 Å². The smallest absolute Gasteiger partial charge is 0.243 e. The number of rotatable bonds is 7. The van der Waals surface area contributed by atoms with E-state index < -0.39 is 0 Å². The molecule has 200 valence electrons. The number of thiophene rings is 1. The van der Waals surface area contributed by atoms with Gasteiger partial charge in [0.2, 0.25) is 5.91 Å². The van der Waals surface area contributed by atoms with Crippen molar-refractivity contribution in [2.75, 3.05) is 70.9 Å². The zero-order chi connectivity index (χ0) is 25.9. The lowest BCUT2D eigenvalue weighted by atomic mass is 10.1. The van der Waals surface area contributed by atoms with E-state index in [1.807, 2.05) is 23.6 Å². The number of aliphatic imine (C=N–C) groups is 1. The zero-order valence-corrected chi connectivity index (χ0v) is 22.3. The van der Waals surface area contributed by atoms with Gasteiger partial charge in [-0.05, 0) is 18.2 Å². The molecule has 38 heavy (non-hydrogen) atoms. The third-order valence-electron chi connectivity index (χ3n) is 7.41. The van der Waals surface area contributed by atoms with E-state index in [1.165, 1.54) is 15.8 Å². The molecule has 1 atom stereocenters. The molecule has 0 spiro atoms. The monoisotopic (exact) mass is 534 g/mol. The summed E-state index contributed by atoms with van der Waals surface area (Å²) in [4.78, 5) is 26.5. The number of piperazine rings is 1. The maximum atomic E-state index is 11.4. The maximum absolute atomic E-state index is 11.4. The lowest BCUT2D eigenvalue weighted by Crippen LogP contribution is -2.47. The van der Waals surface area contributed by atoms with Gasteiger partial charge in [0, 0.05) is 74.7 Å². The van der Waals surface area contributed by atoms with Gasteiger partial charge in [0.25, 0.3) is 0 Å². The minimum Gasteiger partial charge on any atom is -0.378 e. The molecule has 5 heterocycles. The highest BCUT2D eigenvalue weighted by Crippen LogP contribution is 2.38. The van der Waals surface area contributed by atoms with E-state index >= 15 is 0 Å². The molecular weight excluding hydrogens is 500 g/mol. The summed E-state index contributed by atoms with van der Waals surface area (Å²) in [7, 11) is 0. The van der Waals surface area contributed by atoms with E-state index in [0.717, 1.165) is 93.6 Å². The van der Waals surface area contributed by atoms with Crippen LogP contribution >= 0.6 is 11.3 Å². The fourth-order valence-corrected chi connectivity index (χ4v) is 6.52. The van der Waals surface area contributed by atoms with E-state index in [2.05, 4.69) is 60.3 Å². The van der Waals surface area contributed by atoms with Crippen molar-refractivity contribution in [3.05, 3.63) is 58.4 Å². The van der Waals surface area contributed by atoms with E-state index in [0.29, 0.717) is 6.54 Å². The molecule has 11 heteroatoms. The molecule has 0 bridgehead atoms. The van der Waals surface area contributed by atoms with Crippen molar-refractivity contribution in [3.63, 3.8) is 0 Å². The number of ether oxygens (including phenoxy) is 1. The molecule has 6 rings (SSSR count). The standard InChI is InChI=1S/C27H34N8O2S/c1-2-24(36)28-6-7-33-8-10-34(11-9-33)18-19-16-23-25(38-19)27(35-12-14-37-15-13-35)31-26(30-23)20-4-3-5-22-21(20)17-29-32-22/h2-5,16-17,26,30H,1,6-15,18H2,(H,28,36)(H,29,32). The summed E-state index contributed by atoms with van der Waals surface area (Å²) in [5.74, 6) is 0.956. The summed E-state index contributed by atoms with van der Waals surface area (Å²) in [6.45, 7) is 13.2. The highest BCUT2D eigenvalue weighted by Gasteiger charge is 2.30. The number of amides is 1. The maximum Gasteiger partial charge on any atom is 0.243 e. The number of fused-ring (bicyclic) bond motifs is 2. The molecular formula is C27H34N8O2S. The predicted octanol–water partition coefficient (Wildman–Crippen LogP) is 2.25. The second-order valence-electron chi connectivity index (χ2n) is 9.85. The molecule has 0 saturated carbocycles. The Balaban J connectivity index is 1.17. The normalized spacial score (nSPS) is 20.6. The molecule has 1 unspecified atom stereocenters. The van der Waals surface area contributed by atoms with E-state index in [4.69, 9.17) is 9.73 Å². The predicted molar refractivity (Wildman–Crippen MR) is 151 cm³/mol. The first-order valence-electron chi connectivity index (χ1n) is 13.2. The molecule has 0 aliphatic carbocycles. The average molecular weight is 535 g/mol. The third kappa shape index (κ3) is 5.32. The number of nitrogens with zero attached hydrogens (tertiary/aromatic N) is 5. The topological polar surface area (TPSA) is 101 Å². The second kappa shape index (κ2) is 11.2. The van der Waals surface area contributed by atoms with Gasteiger partial charge in [-0.3, -0.25) is 19.7 Å². The lowest BCUT2D eigenvalue weighted by molar-refractivity contribution is -0.116. The number of aromatic amines is 1. The van der Waals surface area contributed by atoms with Crippen molar-refractivity contribution in [1.29, 1.82) is 0 Å². The zero-order valence-electron chi connectivity index (χ0n) is 21.5. The molecule has 3 aromatic rings. The summed E-state index contributed by atoms with van der Waals surface area (Å²) < 4.78 is 5.64. The minimum atomic E-state index is -0.172. The van der Waals surface area contributed by atoms with Gasteiger partial charge < -0.3 is 20.3 Å². The molecule has 1 amide bonds. The molecule has 1 aromatic carbocycles. The number of morpholine rings is 1. The van der Waals surface area contributed by atoms with Gasteiger partial charge in [-0.1, -0.05) is 18.7 Å². The number of H-pyrrole nitrogens is 1. The number of hydrogen-bond acceptors (Lipinski definition) is 9. The fourth-order valence-electron chi connectivity index (χ4n) is 5.33. The van der Waals surface area contributed by atoms with Crippen LogP contribution in [0.15, 0.2) is 48.1 Å². The van der Waals surface area contributed by atoms with Crippen molar-refractivity contribution in [2.45, 2.75) is 12.7 Å². The molecule has 2 aromatic heterocycles. The minimum absolute atomic E-state index is 0.109. The number of anilines is 1. The Labute approximate surface area is 226 Å². The van der Waals surface area contributed by atoms with Crippen molar-refractivity contribution in [2.24, 2.45) is 4.99 Å². The Morgan fingerprint density at radius 1 is 1.18 bits per heavy atom. The van der Waals surface area contributed by atoms with Crippen molar-refractivity contribution < 1.29 is 9.53 Å². The van der Waals surface area contributed by atoms with Crippen LogP contribution in [-0.2, 0) is 16.1 Å². The number of carbonyl (C=O) groups is 1. The molecule has 3 aliphatic rings. The molecule has 0 radical (unpaired) electrons. The third-order valence-corrected chi connectivity index (χ3v) is 8.53. The van der Waals surface area contributed by atoms with Crippen LogP contribution in [0.3, 0.4) is 0 Å². The Morgan fingerprint density at radius 2 is 2.00 bits per heavy atom. The van der Waals surface area contributed by atoms with Gasteiger partial charge in [-0.25, -0.2) is 4.99 Å². The molecule has 3 N–H and O–H groups in total. The van der Waals surface area contributed by atoms with Crippen LogP contribution in [0.5, 0.6) is 0 Å². The Bertz CT molecular complexity index is 1320. The summed E-state index contributed by atoms with van der Waals surface area (Å²) >= 11 is 1.85. The molecule has 2 fully saturated rings. The van der Waals surface area contributed by atoms with Crippen molar-refractivity contribution in [1.82, 2.24) is 30.2 Å². The van der Waals surface area contributed by atoms with Crippen molar-refractivity contribution >= 4 is 39.7 Å². The van der Waals surface area contributed by atoms with Gasteiger partial charge >= 0.3 is 0 Å². The second-order valence-corrected chi connectivity index (χ2v) is 11.0. The number of nitrogens with one attached hydrogen (secondary N) is 3. The van der Waals surface area contributed by atoms with Crippen LogP contribution in [0.2, 0.25) is 0 Å². The number of carbonyl (C=O) groups excluding carboxylic acids is 1. The first kappa shape index (κ1) is 25.1. The van der Waals surface area contributed by atoms with Crippen molar-refractivity contribution in [3.8, 4) is 0 Å². The molecule has 2 saturated heterocycles. The van der Waals surface area contributed by atoms with Gasteiger partial charge in [0.15, 0.2) is 0 Å². The van der Waals surface area contributed by atoms with E-state index in [-0.39, 0.29) is 12.1 Å². The Morgan fingerprint density at radius 3 is 2.82 bits per heavy atom. The highest BCUT2D eigenvalue weighted by molar-refractivity contribution is 7.14. The van der Waals surface area contributed by atoms with Crippen LogP contribution < -0.4 is 10.6 Å². The van der Waals surface area contributed by atoms with Crippen LogP contribution in [0, 0.1) is 0 Å². The van der Waals surface area contributed by atoms with Crippen LogP contribution in [0.1, 0.15) is 21.5 Å². The van der Waals surface area contributed by atoms with Crippen LogP contribution in [0.4, 0.5) is 5.69 Å². The SMILES string of the molecule is C=CC(=O)NCCN1CCN(Cc2cc3c(s2)C(N2CCOCC2)=NC(c2cccc4[nH]ncc24)N3)CC1. The quantitative estimate of drug-likeness (QED) is 0.400. The first-order chi connectivity index (χ1) is 18.7. The number of amidine groups is 1. The fraction of sp³-hybridized carbons (Fsp3) is 0.444. The summed E-state index contributed by atoms with van der Waals surface area (Å²) in [6, 6.07) is 8.56. The summed E-state index contributed by atoms with van der Waals surface area (Å²) in [6.07, 6.45) is 3.04. The van der Waals surface area contributed by atoms with Gasteiger partial charge in [0.05, 0.1) is 35.5 Å². The lowest BCUT2D eigenvalue weighted by Gasteiger charge is -2.34. The number of hydrogen-bond donors (Lipinski definition) is 3. The van der Waals surface area contributed by atoms with E-state index in [1.54, 1.807) is 0 Å². The van der Waals surface area contributed by atoms with Gasteiger partial charge in [-0.15, -0.1) is 11.3 Å². The highest BCUT2D eigenvalue weighted by atomic mass is 32.1. The Kier molecular flexibility index (Phi) is 7.41. The van der Waals surface area contributed by atoms with Gasteiger partial charge in [0.1, 0.15) is 12.0 Å². The summed E-state index contributed by atoms with van der Waals surface area (Å²) in [5, 5.41) is 15.0. The van der Waals surface area contributed by atoms with Crippen LogP contribution in [0.25, 0.3) is 10.9 Å². The molecule has 3 aliphatic heterocycles.